The number of hydrogen-bond acceptors (Lipinski definition) is 5. The highest BCUT2D eigenvalue weighted by molar-refractivity contribution is 7.98. The zero-order valence-electron chi connectivity index (χ0n) is 11.6. The third-order valence-corrected chi connectivity index (χ3v) is 5.14. The lowest BCUT2D eigenvalue weighted by Gasteiger charge is -1.98. The van der Waals surface area contributed by atoms with Crippen LogP contribution in [0.4, 0.5) is 0 Å². The van der Waals surface area contributed by atoms with Crippen molar-refractivity contribution in [3.05, 3.63) is 66.5 Å². The van der Waals surface area contributed by atoms with Gasteiger partial charge >= 0.3 is 0 Å². The van der Waals surface area contributed by atoms with Crippen LogP contribution >= 0.6 is 23.1 Å². The number of fused-ring (bicyclic) bond motifs is 1. The molecule has 0 N–H and O–H groups in total. The Morgan fingerprint density at radius 3 is 2.41 bits per heavy atom. The van der Waals surface area contributed by atoms with Crippen molar-refractivity contribution in [3.63, 3.8) is 0 Å². The van der Waals surface area contributed by atoms with Gasteiger partial charge in [-0.15, -0.1) is 22.0 Å². The van der Waals surface area contributed by atoms with Crippen molar-refractivity contribution in [3.8, 4) is 10.6 Å². The van der Waals surface area contributed by atoms with Gasteiger partial charge in [0.2, 0.25) is 4.96 Å². The van der Waals surface area contributed by atoms with Crippen molar-refractivity contribution in [2.24, 2.45) is 0 Å². The lowest BCUT2D eigenvalue weighted by atomic mass is 10.2. The maximum atomic E-state index is 4.65. The van der Waals surface area contributed by atoms with Crippen LogP contribution in [-0.2, 0) is 5.75 Å². The zero-order chi connectivity index (χ0) is 14.8. The average Bonchev–Trinajstić information content (AvgIpc) is 3.16. The molecule has 108 valence electrons. The van der Waals surface area contributed by atoms with Gasteiger partial charge in [0, 0.05) is 10.5 Å². The van der Waals surface area contributed by atoms with Crippen LogP contribution in [0, 0.1) is 0 Å². The van der Waals surface area contributed by atoms with E-state index in [1.165, 1.54) is 4.90 Å². The molecule has 4 aromatic rings. The molecule has 0 saturated carbocycles. The number of hydrogen-bond donors (Lipinski definition) is 0. The highest BCUT2D eigenvalue weighted by Gasteiger charge is 2.12. The molecule has 0 spiro atoms. The Kier molecular flexibility index (Phi) is 3.62. The number of thioether (sulfide) groups is 1. The van der Waals surface area contributed by atoms with E-state index in [0.29, 0.717) is 0 Å². The van der Waals surface area contributed by atoms with Gasteiger partial charge in [-0.25, -0.2) is 0 Å². The summed E-state index contributed by atoms with van der Waals surface area (Å²) in [7, 11) is 0. The molecular weight excluding hydrogens is 312 g/mol. The van der Waals surface area contributed by atoms with Gasteiger partial charge in [0.1, 0.15) is 5.01 Å². The van der Waals surface area contributed by atoms with Gasteiger partial charge in [0.25, 0.3) is 0 Å². The number of benzene rings is 2. The Morgan fingerprint density at radius 1 is 0.909 bits per heavy atom. The van der Waals surface area contributed by atoms with Gasteiger partial charge in [-0.05, 0) is 12.1 Å². The fraction of sp³-hybridized carbons (Fsp3) is 0.0625. The van der Waals surface area contributed by atoms with Crippen LogP contribution in [0.15, 0.2) is 65.6 Å². The minimum Gasteiger partial charge on any atom is -0.186 e. The van der Waals surface area contributed by atoms with Gasteiger partial charge in [0.15, 0.2) is 5.82 Å². The van der Waals surface area contributed by atoms with Crippen LogP contribution in [0.5, 0.6) is 0 Å². The normalized spacial score (nSPS) is 11.1. The SMILES string of the molecule is c1ccc(SCc2nnc3sc(-c4ccccc4)nn23)cc1. The summed E-state index contributed by atoms with van der Waals surface area (Å²) in [6.45, 7) is 0. The predicted octanol–water partition coefficient (Wildman–Crippen LogP) is 4.15. The lowest BCUT2D eigenvalue weighted by molar-refractivity contribution is 0.887. The Hall–Kier alpha value is -2.18. The highest BCUT2D eigenvalue weighted by atomic mass is 32.2. The third kappa shape index (κ3) is 2.63. The van der Waals surface area contributed by atoms with Gasteiger partial charge < -0.3 is 0 Å². The largest absolute Gasteiger partial charge is 0.235 e. The van der Waals surface area contributed by atoms with E-state index in [-0.39, 0.29) is 0 Å². The second-order valence-electron chi connectivity index (χ2n) is 4.69. The van der Waals surface area contributed by atoms with E-state index < -0.39 is 0 Å². The van der Waals surface area contributed by atoms with Crippen molar-refractivity contribution in [1.82, 2.24) is 19.8 Å². The van der Waals surface area contributed by atoms with Crippen LogP contribution in [0.2, 0.25) is 0 Å². The minimum absolute atomic E-state index is 0.753. The van der Waals surface area contributed by atoms with E-state index in [1.54, 1.807) is 23.1 Å². The van der Waals surface area contributed by atoms with E-state index in [2.05, 4.69) is 39.6 Å². The van der Waals surface area contributed by atoms with Crippen molar-refractivity contribution in [1.29, 1.82) is 0 Å². The van der Waals surface area contributed by atoms with Crippen LogP contribution < -0.4 is 0 Å². The summed E-state index contributed by atoms with van der Waals surface area (Å²) < 4.78 is 1.85. The molecule has 0 fully saturated rings. The molecule has 6 heteroatoms. The fourth-order valence-corrected chi connectivity index (χ4v) is 3.80. The van der Waals surface area contributed by atoms with Crippen LogP contribution in [0.3, 0.4) is 0 Å². The fourth-order valence-electron chi connectivity index (χ4n) is 2.11. The third-order valence-electron chi connectivity index (χ3n) is 3.19. The highest BCUT2D eigenvalue weighted by Crippen LogP contribution is 2.27. The molecule has 4 rings (SSSR count). The number of rotatable bonds is 4. The summed E-state index contributed by atoms with van der Waals surface area (Å²) >= 11 is 3.30. The molecule has 0 aliphatic carbocycles. The molecule has 2 heterocycles. The first kappa shape index (κ1) is 13.5. The quantitative estimate of drug-likeness (QED) is 0.529. The molecule has 0 atom stereocenters. The van der Waals surface area contributed by atoms with Crippen LogP contribution in [-0.4, -0.2) is 19.8 Å². The molecule has 0 saturated heterocycles. The molecular formula is C16H12N4S2. The number of aromatic nitrogens is 4. The van der Waals surface area contributed by atoms with Crippen molar-refractivity contribution < 1.29 is 0 Å². The van der Waals surface area contributed by atoms with E-state index in [0.717, 1.165) is 27.1 Å². The molecule has 0 aliphatic rings. The standard InChI is InChI=1S/C16H12N4S2/c1-3-7-12(8-4-1)15-19-20-14(17-18-16(20)22-15)11-21-13-9-5-2-6-10-13/h1-10H,11H2. The van der Waals surface area contributed by atoms with Crippen molar-refractivity contribution >= 4 is 28.1 Å². The lowest BCUT2D eigenvalue weighted by Crippen LogP contribution is -1.94. The van der Waals surface area contributed by atoms with Crippen molar-refractivity contribution in [2.75, 3.05) is 0 Å². The van der Waals surface area contributed by atoms with Gasteiger partial charge in [0.05, 0.1) is 5.75 Å². The second-order valence-corrected chi connectivity index (χ2v) is 6.69. The monoisotopic (exact) mass is 324 g/mol. The van der Waals surface area contributed by atoms with Gasteiger partial charge in [-0.3, -0.25) is 0 Å². The molecule has 0 radical (unpaired) electrons. The van der Waals surface area contributed by atoms with Crippen LogP contribution in [0.1, 0.15) is 5.82 Å². The smallest absolute Gasteiger partial charge is 0.186 e. The molecule has 22 heavy (non-hydrogen) atoms. The molecule has 2 aromatic carbocycles. The Morgan fingerprint density at radius 2 is 1.64 bits per heavy atom. The average molecular weight is 324 g/mol. The molecule has 4 nitrogen and oxygen atoms in total. The molecule has 2 aromatic heterocycles. The minimum atomic E-state index is 0.753. The summed E-state index contributed by atoms with van der Waals surface area (Å²) in [6, 6.07) is 20.5. The topological polar surface area (TPSA) is 43.1 Å². The summed E-state index contributed by atoms with van der Waals surface area (Å²) in [5.74, 6) is 1.63. The maximum Gasteiger partial charge on any atom is 0.235 e. The van der Waals surface area contributed by atoms with Crippen LogP contribution in [0.25, 0.3) is 15.5 Å². The Bertz CT molecular complexity index is 884. The second kappa shape index (κ2) is 5.90. The summed E-state index contributed by atoms with van der Waals surface area (Å²) in [5, 5.41) is 14.1. The first-order valence-electron chi connectivity index (χ1n) is 6.84. The van der Waals surface area contributed by atoms with E-state index in [4.69, 9.17) is 0 Å². The molecule has 0 bridgehead atoms. The van der Waals surface area contributed by atoms with Gasteiger partial charge in [-0.1, -0.05) is 59.9 Å². The summed E-state index contributed by atoms with van der Waals surface area (Å²) in [5.41, 5.74) is 1.11. The molecule has 0 amide bonds. The van der Waals surface area contributed by atoms with Crippen molar-refractivity contribution in [2.45, 2.75) is 10.6 Å². The first-order chi connectivity index (χ1) is 10.9. The van der Waals surface area contributed by atoms with E-state index in [9.17, 15) is 0 Å². The summed E-state index contributed by atoms with van der Waals surface area (Å²) in [6.07, 6.45) is 0. The van der Waals surface area contributed by atoms with E-state index >= 15 is 0 Å². The van der Waals surface area contributed by atoms with E-state index in [1.807, 2.05) is 40.9 Å². The first-order valence-corrected chi connectivity index (χ1v) is 8.65. The Balaban J connectivity index is 1.61. The Labute approximate surface area is 135 Å². The maximum absolute atomic E-state index is 4.65. The predicted molar refractivity (Wildman–Crippen MR) is 90.1 cm³/mol. The molecule has 0 aliphatic heterocycles. The summed E-state index contributed by atoms with van der Waals surface area (Å²) in [4.78, 5) is 2.06. The molecule has 0 unspecified atom stereocenters. The van der Waals surface area contributed by atoms with Gasteiger partial charge in [-0.2, -0.15) is 9.61 Å². The zero-order valence-corrected chi connectivity index (χ0v) is 13.2. The number of nitrogens with zero attached hydrogens (tertiary/aromatic N) is 4.